The number of benzene rings is 1. The SMILES string of the molecule is [CH2]c1ccc2c(=O)[nH]c(C)nc2c1. The molecular formula is C10H9N2O. The third-order valence-electron chi connectivity index (χ3n) is 1.89. The van der Waals surface area contributed by atoms with Gasteiger partial charge in [-0.05, 0) is 31.5 Å². The molecule has 65 valence electrons. The molecule has 13 heavy (non-hydrogen) atoms. The van der Waals surface area contributed by atoms with Crippen LogP contribution in [0.25, 0.3) is 10.9 Å². The smallest absolute Gasteiger partial charge is 0.258 e. The van der Waals surface area contributed by atoms with Crippen LogP contribution in [0.3, 0.4) is 0 Å². The highest BCUT2D eigenvalue weighted by atomic mass is 16.1. The Hall–Kier alpha value is -1.64. The van der Waals surface area contributed by atoms with Crippen molar-refractivity contribution < 1.29 is 0 Å². The molecule has 0 aliphatic carbocycles. The van der Waals surface area contributed by atoms with E-state index in [4.69, 9.17) is 0 Å². The first kappa shape index (κ1) is 7.98. The summed E-state index contributed by atoms with van der Waals surface area (Å²) < 4.78 is 0. The molecule has 0 unspecified atom stereocenters. The molecule has 2 rings (SSSR count). The van der Waals surface area contributed by atoms with Crippen molar-refractivity contribution in [1.82, 2.24) is 9.97 Å². The average molecular weight is 173 g/mol. The van der Waals surface area contributed by atoms with Crippen molar-refractivity contribution in [3.8, 4) is 0 Å². The van der Waals surface area contributed by atoms with Crippen LogP contribution in [-0.2, 0) is 0 Å². The summed E-state index contributed by atoms with van der Waals surface area (Å²) in [7, 11) is 0. The first-order chi connectivity index (χ1) is 6.16. The maximum absolute atomic E-state index is 11.4. The Bertz CT molecular complexity index is 509. The molecule has 2 aromatic rings. The van der Waals surface area contributed by atoms with Gasteiger partial charge in [-0.1, -0.05) is 6.07 Å². The van der Waals surface area contributed by atoms with E-state index < -0.39 is 0 Å². The zero-order valence-corrected chi connectivity index (χ0v) is 7.29. The molecule has 3 heteroatoms. The van der Waals surface area contributed by atoms with Gasteiger partial charge in [-0.15, -0.1) is 0 Å². The lowest BCUT2D eigenvalue weighted by Crippen LogP contribution is -2.09. The molecule has 0 amide bonds. The van der Waals surface area contributed by atoms with E-state index in [1.165, 1.54) is 0 Å². The topological polar surface area (TPSA) is 45.8 Å². The van der Waals surface area contributed by atoms with Gasteiger partial charge in [0.15, 0.2) is 0 Å². The summed E-state index contributed by atoms with van der Waals surface area (Å²) in [5.74, 6) is 0.628. The second-order valence-electron chi connectivity index (χ2n) is 3.00. The number of rotatable bonds is 0. The molecule has 3 nitrogen and oxygen atoms in total. The van der Waals surface area contributed by atoms with E-state index in [-0.39, 0.29) is 5.56 Å². The van der Waals surface area contributed by atoms with Gasteiger partial charge in [-0.2, -0.15) is 0 Å². The van der Waals surface area contributed by atoms with Crippen molar-refractivity contribution in [3.05, 3.63) is 46.9 Å². The Labute approximate surface area is 75.4 Å². The van der Waals surface area contributed by atoms with E-state index in [2.05, 4.69) is 16.9 Å². The normalized spacial score (nSPS) is 10.6. The number of fused-ring (bicyclic) bond motifs is 1. The number of hydrogen-bond acceptors (Lipinski definition) is 2. The minimum absolute atomic E-state index is 0.0949. The number of aromatic amines is 1. The quantitative estimate of drug-likeness (QED) is 0.654. The molecule has 1 aromatic carbocycles. The molecule has 0 spiro atoms. The molecular weight excluding hydrogens is 164 g/mol. The number of aromatic nitrogens is 2. The fourth-order valence-electron chi connectivity index (χ4n) is 1.30. The van der Waals surface area contributed by atoms with Crippen molar-refractivity contribution in [2.75, 3.05) is 0 Å². The van der Waals surface area contributed by atoms with Crippen LogP contribution in [0.1, 0.15) is 11.4 Å². The van der Waals surface area contributed by atoms with E-state index in [1.807, 2.05) is 0 Å². The molecule has 0 atom stereocenters. The van der Waals surface area contributed by atoms with Gasteiger partial charge >= 0.3 is 0 Å². The zero-order valence-electron chi connectivity index (χ0n) is 7.29. The highest BCUT2D eigenvalue weighted by Gasteiger charge is 2.00. The Morgan fingerprint density at radius 1 is 1.46 bits per heavy atom. The number of aryl methyl sites for hydroxylation is 1. The maximum Gasteiger partial charge on any atom is 0.258 e. The lowest BCUT2D eigenvalue weighted by atomic mass is 10.2. The number of nitrogens with one attached hydrogen (secondary N) is 1. The molecule has 0 saturated carbocycles. The Morgan fingerprint density at radius 3 is 3.00 bits per heavy atom. The summed E-state index contributed by atoms with van der Waals surface area (Å²) in [6, 6.07) is 5.34. The maximum atomic E-state index is 11.4. The largest absolute Gasteiger partial charge is 0.310 e. The molecule has 0 fully saturated rings. The van der Waals surface area contributed by atoms with Crippen molar-refractivity contribution in [3.63, 3.8) is 0 Å². The summed E-state index contributed by atoms with van der Waals surface area (Å²) in [5.41, 5.74) is 1.47. The van der Waals surface area contributed by atoms with Crippen molar-refractivity contribution >= 4 is 10.9 Å². The first-order valence-corrected chi connectivity index (χ1v) is 3.99. The van der Waals surface area contributed by atoms with Crippen LogP contribution in [0.15, 0.2) is 23.0 Å². The van der Waals surface area contributed by atoms with Crippen LogP contribution >= 0.6 is 0 Å². The van der Waals surface area contributed by atoms with E-state index in [0.717, 1.165) is 5.56 Å². The van der Waals surface area contributed by atoms with Gasteiger partial charge < -0.3 is 4.98 Å². The number of hydrogen-bond donors (Lipinski definition) is 1. The van der Waals surface area contributed by atoms with Crippen LogP contribution < -0.4 is 5.56 Å². The Balaban J connectivity index is 2.95. The van der Waals surface area contributed by atoms with Gasteiger partial charge in [0.2, 0.25) is 0 Å². The van der Waals surface area contributed by atoms with E-state index in [9.17, 15) is 4.79 Å². The third kappa shape index (κ3) is 1.33. The highest BCUT2D eigenvalue weighted by Crippen LogP contribution is 2.08. The minimum atomic E-state index is -0.0949. The van der Waals surface area contributed by atoms with Gasteiger partial charge in [0.25, 0.3) is 5.56 Å². The second kappa shape index (κ2) is 2.69. The molecule has 1 aromatic heterocycles. The predicted octanol–water partition coefficient (Wildman–Crippen LogP) is 1.41. The van der Waals surface area contributed by atoms with Crippen LogP contribution in [0.5, 0.6) is 0 Å². The van der Waals surface area contributed by atoms with Gasteiger partial charge in [-0.3, -0.25) is 4.79 Å². The third-order valence-corrected chi connectivity index (χ3v) is 1.89. The average Bonchev–Trinajstić information content (AvgIpc) is 2.02. The molecule has 1 N–H and O–H groups in total. The van der Waals surface area contributed by atoms with E-state index >= 15 is 0 Å². The minimum Gasteiger partial charge on any atom is -0.310 e. The summed E-state index contributed by atoms with van der Waals surface area (Å²) in [6.45, 7) is 5.54. The van der Waals surface area contributed by atoms with Crippen molar-refractivity contribution in [2.24, 2.45) is 0 Å². The fourth-order valence-corrected chi connectivity index (χ4v) is 1.30. The van der Waals surface area contributed by atoms with Crippen LogP contribution in [0, 0.1) is 13.8 Å². The Kier molecular flexibility index (Phi) is 1.65. The van der Waals surface area contributed by atoms with Crippen molar-refractivity contribution in [1.29, 1.82) is 0 Å². The van der Waals surface area contributed by atoms with Gasteiger partial charge in [-0.25, -0.2) is 4.98 Å². The monoisotopic (exact) mass is 173 g/mol. The molecule has 0 saturated heterocycles. The summed E-state index contributed by atoms with van der Waals surface area (Å²) in [6.07, 6.45) is 0. The van der Waals surface area contributed by atoms with Crippen molar-refractivity contribution in [2.45, 2.75) is 6.92 Å². The first-order valence-electron chi connectivity index (χ1n) is 3.99. The molecule has 0 aliphatic rings. The highest BCUT2D eigenvalue weighted by molar-refractivity contribution is 5.78. The summed E-state index contributed by atoms with van der Waals surface area (Å²) >= 11 is 0. The number of H-pyrrole nitrogens is 1. The molecule has 0 aliphatic heterocycles. The summed E-state index contributed by atoms with van der Waals surface area (Å²) in [5, 5.41) is 0.609. The molecule has 1 radical (unpaired) electrons. The molecule has 0 bridgehead atoms. The Morgan fingerprint density at radius 2 is 2.23 bits per heavy atom. The zero-order chi connectivity index (χ0) is 9.42. The van der Waals surface area contributed by atoms with Crippen LogP contribution in [0.4, 0.5) is 0 Å². The van der Waals surface area contributed by atoms with Gasteiger partial charge in [0.1, 0.15) is 5.82 Å². The standard InChI is InChI=1S/C10H9N2O/c1-6-3-4-8-9(5-6)11-7(2)12-10(8)13/h3-5H,1H2,2H3,(H,11,12,13). The second-order valence-corrected chi connectivity index (χ2v) is 3.00. The lowest BCUT2D eigenvalue weighted by molar-refractivity contribution is 1.06. The van der Waals surface area contributed by atoms with Gasteiger partial charge in [0.05, 0.1) is 10.9 Å². The van der Waals surface area contributed by atoms with Crippen LogP contribution in [-0.4, -0.2) is 9.97 Å². The predicted molar refractivity (Wildman–Crippen MR) is 51.6 cm³/mol. The van der Waals surface area contributed by atoms with E-state index in [1.54, 1.807) is 25.1 Å². The molecule has 1 heterocycles. The van der Waals surface area contributed by atoms with E-state index in [0.29, 0.717) is 16.7 Å². The van der Waals surface area contributed by atoms with Crippen LogP contribution in [0.2, 0.25) is 0 Å². The number of nitrogens with zero attached hydrogens (tertiary/aromatic N) is 1. The van der Waals surface area contributed by atoms with Gasteiger partial charge in [0, 0.05) is 0 Å². The summed E-state index contributed by atoms with van der Waals surface area (Å²) in [4.78, 5) is 18.2. The lowest BCUT2D eigenvalue weighted by Gasteiger charge is -1.98. The fraction of sp³-hybridized carbons (Fsp3) is 0.100.